The lowest BCUT2D eigenvalue weighted by Gasteiger charge is -2.17. The van der Waals surface area contributed by atoms with Gasteiger partial charge in [-0.25, -0.2) is 0 Å². The summed E-state index contributed by atoms with van der Waals surface area (Å²) in [6, 6.07) is 0. The quantitative estimate of drug-likeness (QED) is 0.542. The molecule has 0 rings (SSSR count). The molecule has 0 radical (unpaired) electrons. The fourth-order valence-corrected chi connectivity index (χ4v) is 0.958. The number of carbonyl (C=O) groups is 1. The Bertz CT molecular complexity index is 96.1. The maximum atomic E-state index is 10.0. The van der Waals surface area contributed by atoms with Crippen LogP contribution in [0, 0.1) is 0 Å². The molecule has 0 bridgehead atoms. The zero-order valence-electron chi connectivity index (χ0n) is 7.12. The van der Waals surface area contributed by atoms with Crippen molar-refractivity contribution in [3.8, 4) is 0 Å². The number of rotatable bonds is 7. The summed E-state index contributed by atoms with van der Waals surface area (Å²) in [7, 11) is 0. The third-order valence-electron chi connectivity index (χ3n) is 1.64. The molecule has 0 heterocycles. The molecule has 3 nitrogen and oxygen atoms in total. The van der Waals surface area contributed by atoms with Crippen LogP contribution in [0.1, 0.15) is 19.8 Å². The van der Waals surface area contributed by atoms with Gasteiger partial charge in [-0.2, -0.15) is 0 Å². The highest BCUT2D eigenvalue weighted by atomic mass is 16.3. The predicted molar refractivity (Wildman–Crippen MR) is 44.5 cm³/mol. The lowest BCUT2D eigenvalue weighted by Crippen LogP contribution is -2.26. The Labute approximate surface area is 68.0 Å². The van der Waals surface area contributed by atoms with Crippen LogP contribution >= 0.6 is 0 Å². The SMILES string of the molecule is CCN(CCC=O)CCCO. The zero-order chi connectivity index (χ0) is 8.53. The van der Waals surface area contributed by atoms with E-state index < -0.39 is 0 Å². The molecule has 0 spiro atoms. The number of hydrogen-bond donors (Lipinski definition) is 1. The molecule has 0 fully saturated rings. The van der Waals surface area contributed by atoms with Gasteiger partial charge in [0.1, 0.15) is 6.29 Å². The Morgan fingerprint density at radius 3 is 2.64 bits per heavy atom. The van der Waals surface area contributed by atoms with Crippen LogP contribution in [0.3, 0.4) is 0 Å². The van der Waals surface area contributed by atoms with E-state index in [0.29, 0.717) is 6.42 Å². The summed E-state index contributed by atoms with van der Waals surface area (Å²) in [5, 5.41) is 8.54. The number of nitrogens with zero attached hydrogens (tertiary/aromatic N) is 1. The lowest BCUT2D eigenvalue weighted by molar-refractivity contribution is -0.108. The zero-order valence-corrected chi connectivity index (χ0v) is 7.12. The predicted octanol–water partition coefficient (Wildman–Crippen LogP) is 0.280. The Hall–Kier alpha value is -0.410. The Balaban J connectivity index is 3.32. The second kappa shape index (κ2) is 7.69. The smallest absolute Gasteiger partial charge is 0.121 e. The van der Waals surface area contributed by atoms with Gasteiger partial charge in [0.2, 0.25) is 0 Å². The second-order valence-electron chi connectivity index (χ2n) is 2.47. The molecule has 0 aromatic rings. The average molecular weight is 159 g/mol. The number of aliphatic hydroxyl groups is 1. The standard InChI is InChI=1S/C8H17NO2/c1-2-9(5-3-7-10)6-4-8-11/h7,11H,2-6,8H2,1H3. The van der Waals surface area contributed by atoms with E-state index >= 15 is 0 Å². The summed E-state index contributed by atoms with van der Waals surface area (Å²) >= 11 is 0. The first-order valence-electron chi connectivity index (χ1n) is 4.12. The van der Waals surface area contributed by atoms with E-state index in [1.165, 1.54) is 0 Å². The van der Waals surface area contributed by atoms with Crippen LogP contribution in [0.15, 0.2) is 0 Å². The second-order valence-corrected chi connectivity index (χ2v) is 2.47. The first-order valence-corrected chi connectivity index (χ1v) is 4.12. The van der Waals surface area contributed by atoms with Crippen LogP contribution in [-0.2, 0) is 4.79 Å². The minimum atomic E-state index is 0.234. The van der Waals surface area contributed by atoms with E-state index in [4.69, 9.17) is 5.11 Å². The lowest BCUT2D eigenvalue weighted by atomic mass is 10.3. The summed E-state index contributed by atoms with van der Waals surface area (Å²) in [6.45, 7) is 4.95. The summed E-state index contributed by atoms with van der Waals surface area (Å²) in [4.78, 5) is 12.2. The number of carbonyl (C=O) groups excluding carboxylic acids is 1. The molecule has 0 aliphatic carbocycles. The Morgan fingerprint density at radius 2 is 2.18 bits per heavy atom. The van der Waals surface area contributed by atoms with Crippen LogP contribution in [0.25, 0.3) is 0 Å². The molecular formula is C8H17NO2. The van der Waals surface area contributed by atoms with E-state index in [9.17, 15) is 4.79 Å². The van der Waals surface area contributed by atoms with Crippen molar-refractivity contribution in [3.05, 3.63) is 0 Å². The number of hydrogen-bond acceptors (Lipinski definition) is 3. The highest BCUT2D eigenvalue weighted by molar-refractivity contribution is 5.49. The van der Waals surface area contributed by atoms with Gasteiger partial charge in [-0.15, -0.1) is 0 Å². The molecule has 0 aromatic carbocycles. The largest absolute Gasteiger partial charge is 0.396 e. The topological polar surface area (TPSA) is 40.5 Å². The normalized spacial score (nSPS) is 10.5. The van der Waals surface area contributed by atoms with Gasteiger partial charge in [0.15, 0.2) is 0 Å². The first-order chi connectivity index (χ1) is 5.35. The molecule has 0 saturated carbocycles. The number of aliphatic hydroxyl groups excluding tert-OH is 1. The van der Waals surface area contributed by atoms with Gasteiger partial charge in [0.25, 0.3) is 0 Å². The molecule has 0 aliphatic rings. The van der Waals surface area contributed by atoms with Crippen molar-refractivity contribution < 1.29 is 9.90 Å². The van der Waals surface area contributed by atoms with Gasteiger partial charge in [-0.3, -0.25) is 0 Å². The van der Waals surface area contributed by atoms with Crippen molar-refractivity contribution >= 4 is 6.29 Å². The first kappa shape index (κ1) is 10.6. The summed E-state index contributed by atoms with van der Waals surface area (Å²) in [6.07, 6.45) is 2.33. The van der Waals surface area contributed by atoms with Gasteiger partial charge >= 0.3 is 0 Å². The average Bonchev–Trinajstić information content (AvgIpc) is 2.05. The van der Waals surface area contributed by atoms with Crippen LogP contribution in [0.5, 0.6) is 0 Å². The van der Waals surface area contributed by atoms with Crippen molar-refractivity contribution in [2.45, 2.75) is 19.8 Å². The van der Waals surface area contributed by atoms with Gasteiger partial charge in [0.05, 0.1) is 0 Å². The molecule has 3 heteroatoms. The Kier molecular flexibility index (Phi) is 7.41. The summed E-state index contributed by atoms with van der Waals surface area (Å²) < 4.78 is 0. The molecule has 0 aromatic heterocycles. The minimum Gasteiger partial charge on any atom is -0.396 e. The van der Waals surface area contributed by atoms with Crippen LogP contribution in [0.2, 0.25) is 0 Å². The van der Waals surface area contributed by atoms with Crippen molar-refractivity contribution in [2.75, 3.05) is 26.2 Å². The number of aldehydes is 1. The van der Waals surface area contributed by atoms with Crippen molar-refractivity contribution in [3.63, 3.8) is 0 Å². The monoisotopic (exact) mass is 159 g/mol. The van der Waals surface area contributed by atoms with Crippen LogP contribution < -0.4 is 0 Å². The fraction of sp³-hybridized carbons (Fsp3) is 0.875. The molecule has 0 amide bonds. The molecule has 0 atom stereocenters. The molecular weight excluding hydrogens is 142 g/mol. The van der Waals surface area contributed by atoms with Crippen LogP contribution in [0.4, 0.5) is 0 Å². The third kappa shape index (κ3) is 6.01. The van der Waals surface area contributed by atoms with Gasteiger partial charge in [-0.1, -0.05) is 6.92 Å². The highest BCUT2D eigenvalue weighted by Gasteiger charge is 1.99. The molecule has 66 valence electrons. The van der Waals surface area contributed by atoms with Crippen molar-refractivity contribution in [1.29, 1.82) is 0 Å². The van der Waals surface area contributed by atoms with Gasteiger partial charge < -0.3 is 14.8 Å². The van der Waals surface area contributed by atoms with Crippen molar-refractivity contribution in [1.82, 2.24) is 4.90 Å². The molecule has 0 aliphatic heterocycles. The molecule has 1 N–H and O–H groups in total. The van der Waals surface area contributed by atoms with Crippen LogP contribution in [-0.4, -0.2) is 42.5 Å². The van der Waals surface area contributed by atoms with Gasteiger partial charge in [-0.05, 0) is 13.0 Å². The van der Waals surface area contributed by atoms with E-state index in [1.54, 1.807) is 0 Å². The van der Waals surface area contributed by atoms with Gasteiger partial charge in [0, 0.05) is 26.1 Å². The maximum absolute atomic E-state index is 10.0. The summed E-state index contributed by atoms with van der Waals surface area (Å²) in [5.74, 6) is 0. The third-order valence-corrected chi connectivity index (χ3v) is 1.64. The minimum absolute atomic E-state index is 0.234. The van der Waals surface area contributed by atoms with E-state index in [2.05, 4.69) is 11.8 Å². The molecule has 0 saturated heterocycles. The van der Waals surface area contributed by atoms with E-state index in [1.807, 2.05) is 0 Å². The highest BCUT2D eigenvalue weighted by Crippen LogP contribution is 1.91. The van der Waals surface area contributed by atoms with E-state index in [0.717, 1.165) is 32.3 Å². The Morgan fingerprint density at radius 1 is 1.45 bits per heavy atom. The molecule has 11 heavy (non-hydrogen) atoms. The summed E-state index contributed by atoms with van der Waals surface area (Å²) in [5.41, 5.74) is 0. The molecule has 0 unspecified atom stereocenters. The van der Waals surface area contributed by atoms with Crippen molar-refractivity contribution in [2.24, 2.45) is 0 Å². The van der Waals surface area contributed by atoms with E-state index in [-0.39, 0.29) is 6.61 Å². The maximum Gasteiger partial charge on any atom is 0.121 e. The fourth-order valence-electron chi connectivity index (χ4n) is 0.958.